The molecule has 0 saturated heterocycles. The minimum Gasteiger partial charge on any atom is -0.215 e. The maximum Gasteiger partial charge on any atom is 0.194 e. The van der Waals surface area contributed by atoms with E-state index in [0.717, 1.165) is 18.7 Å². The molecule has 17 heavy (non-hydrogen) atoms. The Morgan fingerprint density at radius 3 is 1.53 bits per heavy atom. The lowest BCUT2D eigenvalue weighted by molar-refractivity contribution is 0.767. The van der Waals surface area contributed by atoms with Gasteiger partial charge in [-0.1, -0.05) is 103 Å². The molecule has 1 rings (SSSR count). The Balaban J connectivity index is 3.29. The van der Waals surface area contributed by atoms with Gasteiger partial charge in [0.25, 0.3) is 0 Å². The Labute approximate surface area is 150 Å². The number of aromatic nitrogens is 3. The minimum absolute atomic E-state index is 0.564. The fourth-order valence-electron chi connectivity index (χ4n) is 1.01. The first kappa shape index (κ1) is 16.9. The van der Waals surface area contributed by atoms with Crippen molar-refractivity contribution in [2.24, 2.45) is 0 Å². The number of nitrogens with zero attached hydrogens (tertiary/aromatic N) is 3. The van der Waals surface area contributed by atoms with Crippen molar-refractivity contribution in [1.82, 2.24) is 15.0 Å². The van der Waals surface area contributed by atoms with Crippen LogP contribution in [0.15, 0.2) is 0 Å². The van der Waals surface area contributed by atoms with Gasteiger partial charge >= 0.3 is 0 Å². The predicted molar refractivity (Wildman–Crippen MR) is 90.7 cm³/mol. The van der Waals surface area contributed by atoms with Crippen LogP contribution in [0.4, 0.5) is 0 Å². The third kappa shape index (κ3) is 5.41. The SMILES string of the molecule is CCCc1nc(C(Br)(Br)Br)nc(C(Br)(Br)Br)n1. The molecule has 0 amide bonds. The van der Waals surface area contributed by atoms with Gasteiger partial charge in [0.1, 0.15) is 5.82 Å². The summed E-state index contributed by atoms with van der Waals surface area (Å²) in [4.78, 5) is 13.1. The van der Waals surface area contributed by atoms with Crippen molar-refractivity contribution in [2.45, 2.75) is 24.1 Å². The van der Waals surface area contributed by atoms with Gasteiger partial charge in [-0.15, -0.1) is 0 Å². The van der Waals surface area contributed by atoms with Crippen LogP contribution in [-0.4, -0.2) is 15.0 Å². The highest BCUT2D eigenvalue weighted by molar-refractivity contribution is 9.39. The Morgan fingerprint density at radius 1 is 0.824 bits per heavy atom. The molecule has 1 aromatic heterocycles. The van der Waals surface area contributed by atoms with Crippen LogP contribution in [0.5, 0.6) is 0 Å². The molecule has 3 nitrogen and oxygen atoms in total. The van der Waals surface area contributed by atoms with Gasteiger partial charge in [0.05, 0.1) is 0 Å². The fraction of sp³-hybridized carbons (Fsp3) is 0.625. The summed E-state index contributed by atoms with van der Waals surface area (Å²) in [5, 5.41) is 0. The summed E-state index contributed by atoms with van der Waals surface area (Å²) in [7, 11) is 0. The molecule has 0 aromatic carbocycles. The minimum atomic E-state index is -0.647. The molecule has 1 heterocycles. The summed E-state index contributed by atoms with van der Waals surface area (Å²) in [5.41, 5.74) is 0. The second-order valence-electron chi connectivity index (χ2n) is 3.14. The largest absolute Gasteiger partial charge is 0.215 e. The van der Waals surface area contributed by atoms with Crippen LogP contribution in [0, 0.1) is 0 Å². The van der Waals surface area contributed by atoms with Gasteiger partial charge in [-0.2, -0.15) is 0 Å². The topological polar surface area (TPSA) is 38.7 Å². The van der Waals surface area contributed by atoms with Crippen molar-refractivity contribution in [1.29, 1.82) is 0 Å². The Morgan fingerprint density at radius 2 is 1.24 bits per heavy atom. The van der Waals surface area contributed by atoms with Gasteiger partial charge in [0, 0.05) is 6.42 Å². The lowest BCUT2D eigenvalue weighted by Gasteiger charge is -2.16. The van der Waals surface area contributed by atoms with Gasteiger partial charge < -0.3 is 0 Å². The van der Waals surface area contributed by atoms with Crippen LogP contribution in [0.25, 0.3) is 0 Å². The first-order chi connectivity index (χ1) is 7.64. The Bertz CT molecular complexity index is 365. The van der Waals surface area contributed by atoms with E-state index in [0.29, 0.717) is 11.6 Å². The van der Waals surface area contributed by atoms with E-state index >= 15 is 0 Å². The molecule has 0 aliphatic carbocycles. The van der Waals surface area contributed by atoms with Crippen molar-refractivity contribution in [2.75, 3.05) is 0 Å². The summed E-state index contributed by atoms with van der Waals surface area (Å²) >= 11 is 20.4. The van der Waals surface area contributed by atoms with E-state index in [1.165, 1.54) is 0 Å². The highest BCUT2D eigenvalue weighted by atomic mass is 80.0. The average Bonchev–Trinajstić information content (AvgIpc) is 2.15. The highest BCUT2D eigenvalue weighted by Gasteiger charge is 2.31. The molecule has 9 heteroatoms. The highest BCUT2D eigenvalue weighted by Crippen LogP contribution is 2.46. The molecule has 0 unspecified atom stereocenters. The lowest BCUT2D eigenvalue weighted by atomic mass is 10.3. The molecule has 0 bridgehead atoms. The van der Waals surface area contributed by atoms with Crippen molar-refractivity contribution < 1.29 is 0 Å². The van der Waals surface area contributed by atoms with E-state index in [1.54, 1.807) is 0 Å². The summed E-state index contributed by atoms with van der Waals surface area (Å²) in [5.74, 6) is 1.88. The molecule has 1 aromatic rings. The van der Waals surface area contributed by atoms with Gasteiger partial charge in [-0.3, -0.25) is 0 Å². The van der Waals surface area contributed by atoms with Crippen molar-refractivity contribution in [3.05, 3.63) is 17.5 Å². The van der Waals surface area contributed by atoms with Crippen LogP contribution >= 0.6 is 95.6 Å². The smallest absolute Gasteiger partial charge is 0.194 e. The van der Waals surface area contributed by atoms with Gasteiger partial charge in [0.15, 0.2) is 15.9 Å². The number of hydrogen-bond acceptors (Lipinski definition) is 3. The molecule has 0 spiro atoms. The van der Waals surface area contributed by atoms with Crippen LogP contribution < -0.4 is 0 Å². The second kappa shape index (κ2) is 6.56. The van der Waals surface area contributed by atoms with E-state index in [4.69, 9.17) is 0 Å². The third-order valence-electron chi connectivity index (χ3n) is 1.66. The van der Waals surface area contributed by atoms with E-state index in [1.807, 2.05) is 0 Å². The predicted octanol–water partition coefficient (Wildman–Crippen LogP) is 5.41. The van der Waals surface area contributed by atoms with Crippen molar-refractivity contribution in [3.8, 4) is 0 Å². The molecular formula is C8H7Br6N3. The third-order valence-corrected chi connectivity index (χ3v) is 3.79. The standard InChI is InChI=1S/C8H7Br6N3/c1-2-3-4-15-5(7(9,10)11)17-6(16-4)8(12,13)14/h2-3H2,1H3. The lowest BCUT2D eigenvalue weighted by Crippen LogP contribution is -2.16. The summed E-state index contributed by atoms with van der Waals surface area (Å²) in [6, 6.07) is 0. The molecule has 0 atom stereocenters. The molecule has 0 radical (unpaired) electrons. The van der Waals surface area contributed by atoms with Crippen LogP contribution in [0.3, 0.4) is 0 Å². The maximum absolute atomic E-state index is 4.38. The van der Waals surface area contributed by atoms with Gasteiger partial charge in [-0.05, 0) is 6.42 Å². The van der Waals surface area contributed by atoms with Crippen molar-refractivity contribution in [3.63, 3.8) is 0 Å². The molecule has 0 aliphatic rings. The first-order valence-corrected chi connectivity index (χ1v) is 9.29. The molecule has 0 N–H and O–H groups in total. The van der Waals surface area contributed by atoms with E-state index in [9.17, 15) is 0 Å². The zero-order valence-corrected chi connectivity index (χ0v) is 18.0. The Hall–Kier alpha value is 1.89. The van der Waals surface area contributed by atoms with E-state index < -0.39 is 4.29 Å². The second-order valence-corrected chi connectivity index (χ2v) is 16.7. The first-order valence-electron chi connectivity index (χ1n) is 4.54. The number of hydrogen-bond donors (Lipinski definition) is 0. The number of rotatable bonds is 2. The van der Waals surface area contributed by atoms with E-state index in [-0.39, 0.29) is 0 Å². The normalized spacial score (nSPS) is 12.9. The van der Waals surface area contributed by atoms with Crippen LogP contribution in [0.1, 0.15) is 30.8 Å². The molecule has 0 saturated carbocycles. The zero-order valence-electron chi connectivity index (χ0n) is 8.52. The van der Waals surface area contributed by atoms with Crippen LogP contribution in [0.2, 0.25) is 0 Å². The molecule has 96 valence electrons. The zero-order chi connectivity index (χ0) is 13.3. The molecule has 0 aliphatic heterocycles. The van der Waals surface area contributed by atoms with Crippen LogP contribution in [-0.2, 0) is 10.7 Å². The summed E-state index contributed by atoms with van der Waals surface area (Å²) in [6.45, 7) is 2.08. The summed E-state index contributed by atoms with van der Waals surface area (Å²) < 4.78 is -1.29. The maximum atomic E-state index is 4.38. The fourth-order valence-corrected chi connectivity index (χ4v) is 2.07. The molecular weight excluding hydrogens is 618 g/mol. The number of halogens is 6. The number of alkyl halides is 6. The average molecular weight is 625 g/mol. The quantitative estimate of drug-likeness (QED) is 0.413. The monoisotopic (exact) mass is 619 g/mol. The molecule has 0 fully saturated rings. The van der Waals surface area contributed by atoms with Gasteiger partial charge in [-0.25, -0.2) is 15.0 Å². The van der Waals surface area contributed by atoms with Crippen molar-refractivity contribution >= 4 is 95.6 Å². The Kier molecular flexibility index (Phi) is 6.54. The van der Waals surface area contributed by atoms with E-state index in [2.05, 4.69) is 117 Å². The number of aryl methyl sites for hydroxylation is 1. The van der Waals surface area contributed by atoms with Gasteiger partial charge in [0.2, 0.25) is 0 Å². The summed E-state index contributed by atoms with van der Waals surface area (Å²) in [6.07, 6.45) is 1.78.